The molecular weight excluding hydrogens is 396 g/mol. The number of benzene rings is 3. The highest BCUT2D eigenvalue weighted by Crippen LogP contribution is 2.32. The average Bonchev–Trinajstić information content (AvgIpc) is 3.45. The molecule has 0 radical (unpaired) electrons. The molecule has 162 valence electrons. The Morgan fingerprint density at radius 2 is 1.84 bits per heavy atom. The topological polar surface area (TPSA) is 86.4 Å². The molecule has 1 fully saturated rings. The number of fused-ring (bicyclic) bond motifs is 1. The van der Waals surface area contributed by atoms with Gasteiger partial charge in [-0.05, 0) is 68.1 Å². The maximum Gasteiger partial charge on any atom is 0.199 e. The van der Waals surface area contributed by atoms with Crippen LogP contribution in [0.3, 0.4) is 0 Å². The molecule has 1 aromatic heterocycles. The van der Waals surface area contributed by atoms with Crippen LogP contribution < -0.4 is 11.1 Å². The molecule has 5 N–H and O–H groups in total. The normalized spacial score (nSPS) is 16.6. The van der Waals surface area contributed by atoms with Gasteiger partial charge in [0.1, 0.15) is 0 Å². The Morgan fingerprint density at radius 1 is 1.03 bits per heavy atom. The second kappa shape index (κ2) is 8.89. The van der Waals surface area contributed by atoms with Crippen LogP contribution >= 0.6 is 0 Å². The van der Waals surface area contributed by atoms with Gasteiger partial charge in [0, 0.05) is 28.2 Å². The number of nitrogens with two attached hydrogens (primary N) is 1. The van der Waals surface area contributed by atoms with Gasteiger partial charge in [-0.25, -0.2) is 4.99 Å². The van der Waals surface area contributed by atoms with Gasteiger partial charge in [0.25, 0.3) is 0 Å². The number of aromatic nitrogens is 1. The molecule has 1 unspecified atom stereocenters. The number of aliphatic imine (C=N–C) groups is 1. The predicted octanol–water partition coefficient (Wildman–Crippen LogP) is 5.31. The van der Waals surface area contributed by atoms with E-state index < -0.39 is 0 Å². The fraction of sp³-hybridized carbons (Fsp3) is 0.222. The molecule has 0 spiro atoms. The van der Waals surface area contributed by atoms with Gasteiger partial charge >= 0.3 is 0 Å². The van der Waals surface area contributed by atoms with Gasteiger partial charge in [0.2, 0.25) is 0 Å². The summed E-state index contributed by atoms with van der Waals surface area (Å²) in [5, 5.41) is 15.2. The molecule has 1 saturated heterocycles. The Balaban J connectivity index is 1.51. The fourth-order valence-corrected chi connectivity index (χ4v) is 4.51. The molecule has 1 aliphatic heterocycles. The first kappa shape index (κ1) is 20.3. The van der Waals surface area contributed by atoms with Crippen molar-refractivity contribution < 1.29 is 5.11 Å². The number of nitrogens with zero attached hydrogens (tertiary/aromatic N) is 1. The largest absolute Gasteiger partial charge is 0.494 e. The minimum absolute atomic E-state index is 0.0916. The van der Waals surface area contributed by atoms with Crippen molar-refractivity contribution >= 4 is 28.0 Å². The monoisotopic (exact) mass is 424 g/mol. The van der Waals surface area contributed by atoms with Gasteiger partial charge in [-0.3, -0.25) is 0 Å². The molecule has 1 aliphatic rings. The lowest BCUT2D eigenvalue weighted by Gasteiger charge is -2.10. The minimum Gasteiger partial charge on any atom is -0.494 e. The van der Waals surface area contributed by atoms with Crippen LogP contribution in [-0.4, -0.2) is 28.4 Å². The Kier molecular flexibility index (Phi) is 5.65. The number of aromatic amines is 1. The number of aromatic hydroxyl groups is 1. The van der Waals surface area contributed by atoms with E-state index >= 15 is 0 Å². The smallest absolute Gasteiger partial charge is 0.199 e. The lowest BCUT2D eigenvalue weighted by atomic mass is 10.0. The summed E-state index contributed by atoms with van der Waals surface area (Å²) in [6.07, 6.45) is 4.80. The van der Waals surface area contributed by atoms with Gasteiger partial charge < -0.3 is 21.1 Å². The van der Waals surface area contributed by atoms with E-state index in [2.05, 4.69) is 34.6 Å². The van der Waals surface area contributed by atoms with Crippen LogP contribution in [0.5, 0.6) is 5.88 Å². The summed E-state index contributed by atoms with van der Waals surface area (Å²) in [5.74, 6) is 0.0916. The molecule has 5 rings (SSSR count). The molecule has 0 aliphatic carbocycles. The molecule has 32 heavy (non-hydrogen) atoms. The molecule has 5 nitrogen and oxygen atoms in total. The van der Waals surface area contributed by atoms with Crippen LogP contribution in [-0.2, 0) is 6.42 Å². The van der Waals surface area contributed by atoms with Crippen LogP contribution in [0.4, 0.5) is 11.4 Å². The van der Waals surface area contributed by atoms with Crippen molar-refractivity contribution in [2.24, 2.45) is 4.99 Å². The number of nitrogens with one attached hydrogen (secondary N) is 2. The third-order valence-corrected chi connectivity index (χ3v) is 6.21. The van der Waals surface area contributed by atoms with Gasteiger partial charge in [0.05, 0.1) is 17.0 Å². The molecule has 4 aromatic rings. The van der Waals surface area contributed by atoms with E-state index in [-0.39, 0.29) is 5.88 Å². The molecule has 1 atom stereocenters. The SMILES string of the molecule is Nc1ccc2[nH]c(O)c(C(=Nc3ccc(CCC4CCCN4)cc3)c3ccccc3)c2c1. The van der Waals surface area contributed by atoms with Crippen molar-refractivity contribution in [1.29, 1.82) is 0 Å². The lowest BCUT2D eigenvalue weighted by molar-refractivity contribution is 0.457. The number of hydrogen-bond donors (Lipinski definition) is 4. The quantitative estimate of drug-likeness (QED) is 0.250. The Labute approximate surface area is 188 Å². The molecule has 0 amide bonds. The van der Waals surface area contributed by atoms with E-state index in [1.54, 1.807) is 0 Å². The number of H-pyrrole nitrogens is 1. The van der Waals surface area contributed by atoms with Crippen LogP contribution in [0.2, 0.25) is 0 Å². The van der Waals surface area contributed by atoms with Crippen LogP contribution in [0.15, 0.2) is 77.8 Å². The van der Waals surface area contributed by atoms with Gasteiger partial charge in [-0.2, -0.15) is 0 Å². The van der Waals surface area contributed by atoms with Crippen LogP contribution in [0.25, 0.3) is 10.9 Å². The van der Waals surface area contributed by atoms with Gasteiger partial charge in [0.15, 0.2) is 5.88 Å². The highest BCUT2D eigenvalue weighted by Gasteiger charge is 2.19. The third-order valence-electron chi connectivity index (χ3n) is 6.21. The summed E-state index contributed by atoms with van der Waals surface area (Å²) in [5.41, 5.74) is 12.0. The highest BCUT2D eigenvalue weighted by atomic mass is 16.3. The number of rotatable bonds is 6. The summed E-state index contributed by atoms with van der Waals surface area (Å²) in [6.45, 7) is 1.15. The van der Waals surface area contributed by atoms with Crippen LogP contribution in [0.1, 0.15) is 36.0 Å². The lowest BCUT2D eigenvalue weighted by Crippen LogP contribution is -2.21. The van der Waals surface area contributed by atoms with E-state index in [0.717, 1.165) is 35.1 Å². The summed E-state index contributed by atoms with van der Waals surface area (Å²) < 4.78 is 0. The molecule has 0 bridgehead atoms. The highest BCUT2D eigenvalue weighted by molar-refractivity contribution is 6.22. The molecule has 2 heterocycles. The van der Waals surface area contributed by atoms with Gasteiger partial charge in [-0.15, -0.1) is 0 Å². The summed E-state index contributed by atoms with van der Waals surface area (Å²) in [4.78, 5) is 8.03. The maximum atomic E-state index is 10.8. The van der Waals surface area contributed by atoms with Gasteiger partial charge in [-0.1, -0.05) is 42.5 Å². The first-order valence-electron chi connectivity index (χ1n) is 11.2. The fourth-order valence-electron chi connectivity index (χ4n) is 4.51. The molecule has 5 heteroatoms. The second-order valence-corrected chi connectivity index (χ2v) is 8.48. The zero-order valence-electron chi connectivity index (χ0n) is 18.0. The number of anilines is 1. The first-order valence-corrected chi connectivity index (χ1v) is 11.2. The Hall–Kier alpha value is -3.57. The molecule has 3 aromatic carbocycles. The van der Waals surface area contributed by atoms with Crippen molar-refractivity contribution in [2.45, 2.75) is 31.7 Å². The zero-order valence-corrected chi connectivity index (χ0v) is 18.0. The number of hydrogen-bond acceptors (Lipinski definition) is 4. The van der Waals surface area contributed by atoms with E-state index in [1.807, 2.05) is 48.5 Å². The van der Waals surface area contributed by atoms with Crippen molar-refractivity contribution in [3.63, 3.8) is 0 Å². The predicted molar refractivity (Wildman–Crippen MR) is 132 cm³/mol. The number of nitrogen functional groups attached to an aromatic ring is 1. The van der Waals surface area contributed by atoms with E-state index in [1.165, 1.54) is 24.8 Å². The third kappa shape index (κ3) is 4.25. The Morgan fingerprint density at radius 3 is 2.59 bits per heavy atom. The molecular formula is C27H28N4O. The summed E-state index contributed by atoms with van der Waals surface area (Å²) >= 11 is 0. The van der Waals surface area contributed by atoms with Crippen molar-refractivity contribution in [1.82, 2.24) is 10.3 Å². The van der Waals surface area contributed by atoms with E-state index in [4.69, 9.17) is 10.7 Å². The Bertz CT molecular complexity index is 1240. The first-order chi connectivity index (χ1) is 15.7. The average molecular weight is 425 g/mol. The van der Waals surface area contributed by atoms with Crippen LogP contribution in [0, 0.1) is 0 Å². The number of aryl methyl sites for hydroxylation is 1. The zero-order chi connectivity index (χ0) is 21.9. The van der Waals surface area contributed by atoms with Crippen molar-refractivity contribution in [2.75, 3.05) is 12.3 Å². The maximum absolute atomic E-state index is 10.8. The van der Waals surface area contributed by atoms with Crippen molar-refractivity contribution in [3.8, 4) is 5.88 Å². The molecule has 0 saturated carbocycles. The van der Waals surface area contributed by atoms with E-state index in [9.17, 15) is 5.11 Å². The van der Waals surface area contributed by atoms with Crippen molar-refractivity contribution in [3.05, 3.63) is 89.5 Å². The van der Waals surface area contributed by atoms with E-state index in [0.29, 0.717) is 23.0 Å². The second-order valence-electron chi connectivity index (χ2n) is 8.48. The standard InChI is InChI=1S/C27H28N4O/c28-20-11-15-24-23(17-20)25(27(32)31-24)26(19-5-2-1-3-6-19)30-22-13-9-18(10-14-22)8-12-21-7-4-16-29-21/h1-3,5-6,9-11,13-15,17,21,29,31-32H,4,7-8,12,16,28H2. The summed E-state index contributed by atoms with van der Waals surface area (Å²) in [6, 6.07) is 24.6. The minimum atomic E-state index is 0.0916. The summed E-state index contributed by atoms with van der Waals surface area (Å²) in [7, 11) is 0.